The molecule has 0 amide bonds. The summed E-state index contributed by atoms with van der Waals surface area (Å²) in [7, 11) is 2.16. The number of rotatable bonds is 9. The summed E-state index contributed by atoms with van der Waals surface area (Å²) in [5.74, 6) is 1.30. The normalized spacial score (nSPS) is 27.9. The van der Waals surface area contributed by atoms with E-state index in [1.54, 1.807) is 0 Å². The number of hydrogen-bond donors (Lipinski definition) is 2. The molecule has 0 saturated heterocycles. The van der Waals surface area contributed by atoms with Crippen LogP contribution in [0.15, 0.2) is 0 Å². The average Bonchev–Trinajstić information content (AvgIpc) is 2.39. The van der Waals surface area contributed by atoms with E-state index in [0.717, 1.165) is 44.7 Å². The second-order valence-corrected chi connectivity index (χ2v) is 6.34. The highest BCUT2D eigenvalue weighted by Crippen LogP contribution is 2.32. The summed E-state index contributed by atoms with van der Waals surface area (Å²) in [6.45, 7) is 4.68. The summed E-state index contributed by atoms with van der Waals surface area (Å²) in [5.41, 5.74) is 0. The van der Waals surface area contributed by atoms with Gasteiger partial charge in [-0.3, -0.25) is 0 Å². The summed E-state index contributed by atoms with van der Waals surface area (Å²) < 4.78 is 0. The minimum atomic E-state index is -0.0898. The molecule has 1 saturated carbocycles. The van der Waals surface area contributed by atoms with Crippen LogP contribution in [0.1, 0.15) is 58.3 Å². The fourth-order valence-electron chi connectivity index (χ4n) is 3.37. The third-order valence-corrected chi connectivity index (χ3v) is 4.49. The van der Waals surface area contributed by atoms with E-state index in [9.17, 15) is 5.11 Å². The van der Waals surface area contributed by atoms with Crippen molar-refractivity contribution in [1.82, 2.24) is 4.90 Å². The second kappa shape index (κ2) is 9.73. The molecule has 0 aromatic rings. The van der Waals surface area contributed by atoms with Crippen molar-refractivity contribution in [2.24, 2.45) is 11.8 Å². The van der Waals surface area contributed by atoms with Gasteiger partial charge in [0.2, 0.25) is 0 Å². The topological polar surface area (TPSA) is 43.7 Å². The van der Waals surface area contributed by atoms with E-state index in [-0.39, 0.29) is 6.10 Å². The van der Waals surface area contributed by atoms with Crippen LogP contribution in [0.4, 0.5) is 0 Å². The molecule has 19 heavy (non-hydrogen) atoms. The Hall–Kier alpha value is -0.120. The smallest absolute Gasteiger partial charge is 0.0580 e. The molecule has 0 aliphatic heterocycles. The van der Waals surface area contributed by atoms with Crippen LogP contribution in [0.25, 0.3) is 0 Å². The van der Waals surface area contributed by atoms with E-state index in [1.807, 2.05) is 0 Å². The van der Waals surface area contributed by atoms with E-state index in [2.05, 4.69) is 18.9 Å². The summed E-state index contributed by atoms with van der Waals surface area (Å²) in [6, 6.07) is 0. The van der Waals surface area contributed by atoms with Crippen molar-refractivity contribution in [3.8, 4) is 0 Å². The summed E-state index contributed by atoms with van der Waals surface area (Å²) in [6.07, 6.45) is 9.08. The van der Waals surface area contributed by atoms with Gasteiger partial charge in [-0.15, -0.1) is 0 Å². The Morgan fingerprint density at radius 2 is 1.95 bits per heavy atom. The van der Waals surface area contributed by atoms with Crippen molar-refractivity contribution in [2.75, 3.05) is 26.7 Å². The van der Waals surface area contributed by atoms with Crippen LogP contribution in [0.2, 0.25) is 0 Å². The van der Waals surface area contributed by atoms with Gasteiger partial charge in [0.25, 0.3) is 0 Å². The Morgan fingerprint density at radius 3 is 2.63 bits per heavy atom. The monoisotopic (exact) mass is 271 g/mol. The lowest BCUT2D eigenvalue weighted by molar-refractivity contribution is 0.0297. The zero-order chi connectivity index (χ0) is 14.1. The van der Waals surface area contributed by atoms with E-state index < -0.39 is 0 Å². The van der Waals surface area contributed by atoms with Crippen LogP contribution in [-0.4, -0.2) is 48.0 Å². The summed E-state index contributed by atoms with van der Waals surface area (Å²) in [4.78, 5) is 2.36. The van der Waals surface area contributed by atoms with Gasteiger partial charge in [-0.2, -0.15) is 0 Å². The maximum atomic E-state index is 10.2. The predicted molar refractivity (Wildman–Crippen MR) is 80.2 cm³/mol. The molecule has 1 fully saturated rings. The zero-order valence-electron chi connectivity index (χ0n) is 12.9. The van der Waals surface area contributed by atoms with Crippen molar-refractivity contribution < 1.29 is 10.2 Å². The molecule has 114 valence electrons. The first kappa shape index (κ1) is 16.9. The third kappa shape index (κ3) is 6.73. The van der Waals surface area contributed by atoms with Crippen LogP contribution in [-0.2, 0) is 0 Å². The van der Waals surface area contributed by atoms with Crippen molar-refractivity contribution in [2.45, 2.75) is 64.4 Å². The molecule has 1 rings (SSSR count). The van der Waals surface area contributed by atoms with E-state index in [1.165, 1.54) is 25.7 Å². The molecule has 0 heterocycles. The SMILES string of the molecule is CCCC1CCC(O)C(CN(C)CCCCCO)C1. The molecular weight excluding hydrogens is 238 g/mol. The minimum absolute atomic E-state index is 0.0898. The highest BCUT2D eigenvalue weighted by atomic mass is 16.3. The second-order valence-electron chi connectivity index (χ2n) is 6.34. The highest BCUT2D eigenvalue weighted by Gasteiger charge is 2.29. The Labute approximate surface area is 119 Å². The van der Waals surface area contributed by atoms with Crippen LogP contribution in [0, 0.1) is 11.8 Å². The molecule has 3 atom stereocenters. The molecule has 0 bridgehead atoms. The highest BCUT2D eigenvalue weighted by molar-refractivity contribution is 4.81. The number of aliphatic hydroxyl groups excluding tert-OH is 2. The lowest BCUT2D eigenvalue weighted by Gasteiger charge is -2.35. The molecule has 0 aromatic heterocycles. The van der Waals surface area contributed by atoms with Gasteiger partial charge in [0.1, 0.15) is 0 Å². The van der Waals surface area contributed by atoms with Crippen LogP contribution in [0.5, 0.6) is 0 Å². The maximum Gasteiger partial charge on any atom is 0.0580 e. The van der Waals surface area contributed by atoms with Gasteiger partial charge in [0, 0.05) is 13.2 Å². The Bertz CT molecular complexity index is 223. The number of hydrogen-bond acceptors (Lipinski definition) is 3. The molecule has 0 spiro atoms. The van der Waals surface area contributed by atoms with E-state index in [0.29, 0.717) is 12.5 Å². The molecule has 3 unspecified atom stereocenters. The van der Waals surface area contributed by atoms with Crippen molar-refractivity contribution in [1.29, 1.82) is 0 Å². The van der Waals surface area contributed by atoms with Crippen molar-refractivity contribution in [3.63, 3.8) is 0 Å². The average molecular weight is 271 g/mol. The molecule has 3 nitrogen and oxygen atoms in total. The van der Waals surface area contributed by atoms with Crippen molar-refractivity contribution >= 4 is 0 Å². The van der Waals surface area contributed by atoms with Gasteiger partial charge in [-0.25, -0.2) is 0 Å². The van der Waals surface area contributed by atoms with Gasteiger partial charge in [-0.1, -0.05) is 19.8 Å². The molecule has 1 aliphatic carbocycles. The Morgan fingerprint density at radius 1 is 1.16 bits per heavy atom. The molecule has 0 aromatic carbocycles. The molecule has 1 aliphatic rings. The first-order valence-corrected chi connectivity index (χ1v) is 8.14. The summed E-state index contributed by atoms with van der Waals surface area (Å²) >= 11 is 0. The number of unbranched alkanes of at least 4 members (excludes halogenated alkanes) is 2. The lowest BCUT2D eigenvalue weighted by atomic mass is 9.77. The molecule has 3 heteroatoms. The van der Waals surface area contributed by atoms with Gasteiger partial charge >= 0.3 is 0 Å². The van der Waals surface area contributed by atoms with E-state index in [4.69, 9.17) is 5.11 Å². The Kier molecular flexibility index (Phi) is 8.67. The quantitative estimate of drug-likeness (QED) is 0.634. The first-order chi connectivity index (χ1) is 9.17. The van der Waals surface area contributed by atoms with Gasteiger partial charge < -0.3 is 15.1 Å². The maximum absolute atomic E-state index is 10.2. The molecule has 0 radical (unpaired) electrons. The van der Waals surface area contributed by atoms with E-state index >= 15 is 0 Å². The first-order valence-electron chi connectivity index (χ1n) is 8.14. The number of nitrogens with zero attached hydrogens (tertiary/aromatic N) is 1. The third-order valence-electron chi connectivity index (χ3n) is 4.49. The lowest BCUT2D eigenvalue weighted by Crippen LogP contribution is -2.37. The van der Waals surface area contributed by atoms with Crippen LogP contribution < -0.4 is 0 Å². The fourth-order valence-corrected chi connectivity index (χ4v) is 3.37. The summed E-state index contributed by atoms with van der Waals surface area (Å²) in [5, 5.41) is 18.9. The van der Waals surface area contributed by atoms with Gasteiger partial charge in [-0.05, 0) is 64.0 Å². The van der Waals surface area contributed by atoms with Gasteiger partial charge in [0.15, 0.2) is 0 Å². The standard InChI is InChI=1S/C16H33NO2/c1-3-7-14-8-9-16(19)15(12-14)13-17(2)10-5-4-6-11-18/h14-16,18-19H,3-13H2,1-2H3. The predicted octanol–water partition coefficient (Wildman–Crippen LogP) is 2.66. The Balaban J connectivity index is 2.24. The van der Waals surface area contributed by atoms with Gasteiger partial charge in [0.05, 0.1) is 6.10 Å². The minimum Gasteiger partial charge on any atom is -0.396 e. The van der Waals surface area contributed by atoms with Crippen LogP contribution in [0.3, 0.4) is 0 Å². The number of aliphatic hydroxyl groups is 2. The zero-order valence-corrected chi connectivity index (χ0v) is 12.9. The molecular formula is C16H33NO2. The largest absolute Gasteiger partial charge is 0.396 e. The van der Waals surface area contributed by atoms with Crippen molar-refractivity contribution in [3.05, 3.63) is 0 Å². The molecule has 2 N–H and O–H groups in total. The van der Waals surface area contributed by atoms with Crippen LogP contribution >= 0.6 is 0 Å². The fraction of sp³-hybridized carbons (Fsp3) is 1.00.